The Morgan fingerprint density at radius 2 is 2.31 bits per heavy atom. The van der Waals surface area contributed by atoms with Gasteiger partial charge in [0.25, 0.3) is 0 Å². The topological polar surface area (TPSA) is 55.1 Å². The number of nitrogens with one attached hydrogen (secondary N) is 1. The molecule has 74 valence electrons. The summed E-state index contributed by atoms with van der Waals surface area (Å²) in [7, 11) is 0. The van der Waals surface area contributed by atoms with E-state index in [0.29, 0.717) is 23.9 Å². The first-order valence-corrected chi connectivity index (χ1v) is 5.24. The Balaban J connectivity index is 1.91. The molecule has 3 N–H and O–H groups in total. The van der Waals surface area contributed by atoms with Crippen LogP contribution in [0.2, 0.25) is 0 Å². The molecule has 2 aliphatic carbocycles. The van der Waals surface area contributed by atoms with E-state index in [1.54, 1.807) is 0 Å². The largest absolute Gasteiger partial charge is 0.353 e. The van der Waals surface area contributed by atoms with Gasteiger partial charge in [0.1, 0.15) is 0 Å². The molecule has 0 aliphatic heterocycles. The maximum absolute atomic E-state index is 11.2. The third kappa shape index (κ3) is 1.17. The van der Waals surface area contributed by atoms with Gasteiger partial charge in [-0.25, -0.2) is 0 Å². The highest BCUT2D eigenvalue weighted by molar-refractivity contribution is 5.76. The quantitative estimate of drug-likeness (QED) is 0.663. The van der Waals surface area contributed by atoms with Crippen molar-refractivity contribution < 1.29 is 4.79 Å². The Kier molecular flexibility index (Phi) is 2.06. The van der Waals surface area contributed by atoms with Gasteiger partial charge >= 0.3 is 0 Å². The summed E-state index contributed by atoms with van der Waals surface area (Å²) >= 11 is 0. The van der Waals surface area contributed by atoms with E-state index >= 15 is 0 Å². The molecule has 2 fully saturated rings. The lowest BCUT2D eigenvalue weighted by molar-refractivity contribution is -0.127. The zero-order chi connectivity index (χ0) is 9.47. The number of hydrogen-bond acceptors (Lipinski definition) is 2. The second-order valence-electron chi connectivity index (χ2n) is 4.40. The second kappa shape index (κ2) is 2.98. The molecule has 0 bridgehead atoms. The van der Waals surface area contributed by atoms with Gasteiger partial charge < -0.3 is 11.1 Å². The summed E-state index contributed by atoms with van der Waals surface area (Å²) in [5, 5.41) is 3.07. The molecule has 0 aromatic rings. The smallest absolute Gasteiger partial charge is 0.219 e. The van der Waals surface area contributed by atoms with Crippen molar-refractivity contribution in [3.8, 4) is 0 Å². The third-order valence-electron chi connectivity index (χ3n) is 3.86. The molecular formula is C10H18N2O. The van der Waals surface area contributed by atoms with Gasteiger partial charge in [-0.15, -0.1) is 0 Å². The molecular weight excluding hydrogens is 164 g/mol. The number of carbonyl (C=O) groups is 1. The SMILES string of the molecule is CCC(=O)NC1CC(N)C12CCC2. The molecule has 1 amide bonds. The van der Waals surface area contributed by atoms with Crippen LogP contribution in [0.3, 0.4) is 0 Å². The van der Waals surface area contributed by atoms with Crippen LogP contribution < -0.4 is 11.1 Å². The van der Waals surface area contributed by atoms with E-state index in [0.717, 1.165) is 6.42 Å². The Labute approximate surface area is 79.1 Å². The van der Waals surface area contributed by atoms with Gasteiger partial charge in [0.15, 0.2) is 0 Å². The van der Waals surface area contributed by atoms with Gasteiger partial charge in [-0.3, -0.25) is 4.79 Å². The molecule has 2 atom stereocenters. The Morgan fingerprint density at radius 1 is 1.62 bits per heavy atom. The lowest BCUT2D eigenvalue weighted by atomic mass is 9.50. The summed E-state index contributed by atoms with van der Waals surface area (Å²) in [5.41, 5.74) is 6.27. The molecule has 0 aromatic heterocycles. The van der Waals surface area contributed by atoms with Crippen LogP contribution in [0.5, 0.6) is 0 Å². The van der Waals surface area contributed by atoms with Crippen molar-refractivity contribution in [3.63, 3.8) is 0 Å². The fourth-order valence-corrected chi connectivity index (χ4v) is 2.62. The van der Waals surface area contributed by atoms with Crippen LogP contribution in [0.25, 0.3) is 0 Å². The highest BCUT2D eigenvalue weighted by Gasteiger charge is 2.56. The fraction of sp³-hybridized carbons (Fsp3) is 0.900. The molecule has 13 heavy (non-hydrogen) atoms. The van der Waals surface area contributed by atoms with Gasteiger partial charge in [-0.2, -0.15) is 0 Å². The summed E-state index contributed by atoms with van der Waals surface area (Å²) in [6, 6.07) is 0.715. The molecule has 2 rings (SSSR count). The number of amides is 1. The first-order chi connectivity index (χ1) is 6.19. The van der Waals surface area contributed by atoms with Crippen LogP contribution in [0, 0.1) is 5.41 Å². The van der Waals surface area contributed by atoms with Crippen molar-refractivity contribution in [2.75, 3.05) is 0 Å². The van der Waals surface area contributed by atoms with Crippen LogP contribution in [-0.2, 0) is 4.79 Å². The molecule has 0 saturated heterocycles. The third-order valence-corrected chi connectivity index (χ3v) is 3.86. The van der Waals surface area contributed by atoms with Gasteiger partial charge in [0, 0.05) is 23.9 Å². The van der Waals surface area contributed by atoms with Crippen LogP contribution in [0.1, 0.15) is 39.0 Å². The minimum atomic E-state index is 0.170. The monoisotopic (exact) mass is 182 g/mol. The predicted molar refractivity (Wildman–Crippen MR) is 51.1 cm³/mol. The number of hydrogen-bond donors (Lipinski definition) is 2. The summed E-state index contributed by atoms with van der Waals surface area (Å²) in [6.45, 7) is 1.89. The molecule has 0 aromatic carbocycles. The standard InChI is InChI=1S/C10H18N2O/c1-2-9(13)12-8-6-7(11)10(8)4-3-5-10/h7-8H,2-6,11H2,1H3,(H,12,13). The van der Waals surface area contributed by atoms with E-state index < -0.39 is 0 Å². The lowest BCUT2D eigenvalue weighted by Crippen LogP contribution is -2.69. The summed E-state index contributed by atoms with van der Waals surface area (Å²) < 4.78 is 0. The van der Waals surface area contributed by atoms with Crippen LogP contribution in [0.15, 0.2) is 0 Å². The van der Waals surface area contributed by atoms with Crippen LogP contribution in [-0.4, -0.2) is 18.0 Å². The van der Waals surface area contributed by atoms with Gasteiger partial charge in [-0.05, 0) is 19.3 Å². The molecule has 2 saturated carbocycles. The molecule has 3 nitrogen and oxygen atoms in total. The molecule has 3 heteroatoms. The first kappa shape index (κ1) is 9.00. The van der Waals surface area contributed by atoms with E-state index in [1.165, 1.54) is 19.3 Å². The maximum atomic E-state index is 11.2. The average molecular weight is 182 g/mol. The van der Waals surface area contributed by atoms with Gasteiger partial charge in [0.2, 0.25) is 5.91 Å². The van der Waals surface area contributed by atoms with Crippen molar-refractivity contribution in [3.05, 3.63) is 0 Å². The molecule has 1 spiro atoms. The number of nitrogens with two attached hydrogens (primary N) is 1. The van der Waals surface area contributed by atoms with Crippen molar-refractivity contribution in [2.45, 2.75) is 51.1 Å². The summed E-state index contributed by atoms with van der Waals surface area (Å²) in [4.78, 5) is 11.2. The maximum Gasteiger partial charge on any atom is 0.219 e. The molecule has 2 aliphatic rings. The molecule has 0 heterocycles. The minimum Gasteiger partial charge on any atom is -0.353 e. The Morgan fingerprint density at radius 3 is 2.69 bits per heavy atom. The molecule has 0 radical (unpaired) electrons. The Bertz CT molecular complexity index is 223. The second-order valence-corrected chi connectivity index (χ2v) is 4.40. The number of rotatable bonds is 2. The predicted octanol–water partition coefficient (Wildman–Crippen LogP) is 0.782. The zero-order valence-corrected chi connectivity index (χ0v) is 8.18. The van der Waals surface area contributed by atoms with Crippen molar-refractivity contribution in [1.82, 2.24) is 5.32 Å². The summed E-state index contributed by atoms with van der Waals surface area (Å²) in [6.07, 6.45) is 5.27. The Hall–Kier alpha value is -0.570. The molecule has 2 unspecified atom stereocenters. The van der Waals surface area contributed by atoms with Crippen molar-refractivity contribution in [2.24, 2.45) is 11.1 Å². The van der Waals surface area contributed by atoms with E-state index in [9.17, 15) is 4.79 Å². The van der Waals surface area contributed by atoms with Gasteiger partial charge in [0.05, 0.1) is 0 Å². The van der Waals surface area contributed by atoms with Gasteiger partial charge in [-0.1, -0.05) is 13.3 Å². The average Bonchev–Trinajstić information content (AvgIpc) is 2.00. The van der Waals surface area contributed by atoms with Crippen molar-refractivity contribution in [1.29, 1.82) is 0 Å². The highest BCUT2D eigenvalue weighted by Crippen LogP contribution is 2.54. The van der Waals surface area contributed by atoms with Crippen LogP contribution >= 0.6 is 0 Å². The van der Waals surface area contributed by atoms with E-state index in [4.69, 9.17) is 5.73 Å². The van der Waals surface area contributed by atoms with E-state index in [1.807, 2.05) is 6.92 Å². The van der Waals surface area contributed by atoms with E-state index in [-0.39, 0.29) is 5.91 Å². The minimum absolute atomic E-state index is 0.170. The fourth-order valence-electron chi connectivity index (χ4n) is 2.62. The lowest BCUT2D eigenvalue weighted by Gasteiger charge is -2.60. The van der Waals surface area contributed by atoms with Crippen molar-refractivity contribution >= 4 is 5.91 Å². The first-order valence-electron chi connectivity index (χ1n) is 5.24. The van der Waals surface area contributed by atoms with Crippen LogP contribution in [0.4, 0.5) is 0 Å². The zero-order valence-electron chi connectivity index (χ0n) is 8.18. The summed E-state index contributed by atoms with van der Waals surface area (Å²) in [5.74, 6) is 0.170. The van der Waals surface area contributed by atoms with E-state index in [2.05, 4.69) is 5.32 Å². The normalized spacial score (nSPS) is 34.9. The highest BCUT2D eigenvalue weighted by atomic mass is 16.1. The number of carbonyl (C=O) groups excluding carboxylic acids is 1.